The number of benzene rings is 1. The van der Waals surface area contributed by atoms with Crippen molar-refractivity contribution in [3.05, 3.63) is 45.2 Å². The molecule has 19 heavy (non-hydrogen) atoms. The van der Waals surface area contributed by atoms with E-state index in [-0.39, 0.29) is 0 Å². The highest BCUT2D eigenvalue weighted by atomic mass is 79.9. The molecule has 0 unspecified atom stereocenters. The molecule has 6 heteroatoms. The van der Waals surface area contributed by atoms with Gasteiger partial charge in [-0.25, -0.2) is 0 Å². The van der Waals surface area contributed by atoms with E-state index in [1.807, 2.05) is 35.7 Å². The maximum atomic E-state index is 6.30. The van der Waals surface area contributed by atoms with Gasteiger partial charge in [0.25, 0.3) is 0 Å². The Balaban J connectivity index is 2.25. The van der Waals surface area contributed by atoms with Gasteiger partial charge in [0, 0.05) is 14.9 Å². The molecule has 0 amide bonds. The number of nitrogens with two attached hydrogens (primary N) is 1. The summed E-state index contributed by atoms with van der Waals surface area (Å²) in [5, 5.41) is 6.62. The molecule has 0 atom stereocenters. The van der Waals surface area contributed by atoms with Crippen LogP contribution >= 0.6 is 38.9 Å². The maximum Gasteiger partial charge on any atom is 0.231 e. The van der Waals surface area contributed by atoms with Gasteiger partial charge in [-0.15, -0.1) is 11.3 Å². The molecule has 0 aliphatic carbocycles. The minimum absolute atomic E-state index is 0.300. The molecule has 3 nitrogen and oxygen atoms in total. The summed E-state index contributed by atoms with van der Waals surface area (Å²) in [6, 6.07) is 9.59. The van der Waals surface area contributed by atoms with Crippen molar-refractivity contribution in [3.8, 4) is 21.7 Å². The highest BCUT2D eigenvalue weighted by Gasteiger charge is 2.20. The summed E-state index contributed by atoms with van der Waals surface area (Å²) in [7, 11) is 0. The first kappa shape index (κ1) is 12.7. The van der Waals surface area contributed by atoms with Crippen molar-refractivity contribution in [1.82, 2.24) is 5.16 Å². The summed E-state index contributed by atoms with van der Waals surface area (Å²) in [6.07, 6.45) is 0. The zero-order valence-corrected chi connectivity index (χ0v) is 12.7. The standard InChI is InChI=1S/C13H8BrClN2OS/c14-8-4-1-3-7(11(8)15)12-10(13(16)18-17-12)9-5-2-6-19-9/h1-6H,16H2. The zero-order chi connectivity index (χ0) is 13.4. The third kappa shape index (κ3) is 2.18. The largest absolute Gasteiger partial charge is 0.367 e. The van der Waals surface area contributed by atoms with Crippen LogP contribution in [0.5, 0.6) is 0 Å². The molecule has 0 radical (unpaired) electrons. The molecule has 2 aromatic heterocycles. The number of nitrogens with zero attached hydrogens (tertiary/aromatic N) is 1. The van der Waals surface area contributed by atoms with Crippen LogP contribution in [-0.2, 0) is 0 Å². The van der Waals surface area contributed by atoms with E-state index in [0.717, 1.165) is 20.5 Å². The molecule has 2 N–H and O–H groups in total. The van der Waals surface area contributed by atoms with Gasteiger partial charge in [0.2, 0.25) is 5.88 Å². The Labute approximate surface area is 127 Å². The van der Waals surface area contributed by atoms with E-state index in [1.165, 1.54) is 0 Å². The second-order valence-corrected chi connectivity index (χ2v) is 6.03. The predicted molar refractivity (Wildman–Crippen MR) is 82.4 cm³/mol. The Hall–Kier alpha value is -1.30. The molecule has 0 aliphatic rings. The first-order chi connectivity index (χ1) is 9.18. The Kier molecular flexibility index (Phi) is 3.35. The number of thiophene rings is 1. The summed E-state index contributed by atoms with van der Waals surface area (Å²) < 4.78 is 5.94. The number of nitrogen functional groups attached to an aromatic ring is 1. The number of hydrogen-bond acceptors (Lipinski definition) is 4. The van der Waals surface area contributed by atoms with Gasteiger partial charge in [0.1, 0.15) is 5.69 Å². The van der Waals surface area contributed by atoms with E-state index in [4.69, 9.17) is 21.9 Å². The van der Waals surface area contributed by atoms with Crippen LogP contribution in [0.2, 0.25) is 5.02 Å². The van der Waals surface area contributed by atoms with Crippen LogP contribution in [0, 0.1) is 0 Å². The molecule has 0 saturated carbocycles. The molecular weight excluding hydrogens is 348 g/mol. The van der Waals surface area contributed by atoms with E-state index in [1.54, 1.807) is 11.3 Å². The van der Waals surface area contributed by atoms with Crippen LogP contribution in [0.1, 0.15) is 0 Å². The fraction of sp³-hybridized carbons (Fsp3) is 0. The second-order valence-electron chi connectivity index (χ2n) is 3.85. The lowest BCUT2D eigenvalue weighted by molar-refractivity contribution is 0.439. The lowest BCUT2D eigenvalue weighted by Crippen LogP contribution is -1.86. The van der Waals surface area contributed by atoms with Gasteiger partial charge in [-0.05, 0) is 33.4 Å². The summed E-state index contributed by atoms with van der Waals surface area (Å²) in [5.74, 6) is 0.300. The SMILES string of the molecule is Nc1onc(-c2cccc(Br)c2Cl)c1-c1cccs1. The average Bonchev–Trinajstić information content (AvgIpc) is 3.02. The first-order valence-electron chi connectivity index (χ1n) is 5.42. The van der Waals surface area contributed by atoms with Gasteiger partial charge in [0.05, 0.1) is 10.6 Å². The third-order valence-electron chi connectivity index (χ3n) is 2.69. The van der Waals surface area contributed by atoms with Crippen LogP contribution < -0.4 is 5.73 Å². The van der Waals surface area contributed by atoms with Crippen molar-refractivity contribution in [3.63, 3.8) is 0 Å². The van der Waals surface area contributed by atoms with Gasteiger partial charge >= 0.3 is 0 Å². The summed E-state index contributed by atoms with van der Waals surface area (Å²) in [6.45, 7) is 0. The summed E-state index contributed by atoms with van der Waals surface area (Å²) in [5.41, 5.74) is 8.12. The lowest BCUT2D eigenvalue weighted by Gasteiger charge is -2.04. The fourth-order valence-electron chi connectivity index (χ4n) is 1.83. The molecule has 96 valence electrons. The van der Waals surface area contributed by atoms with Gasteiger partial charge in [-0.1, -0.05) is 35.0 Å². The van der Waals surface area contributed by atoms with Gasteiger partial charge in [-0.2, -0.15) is 0 Å². The molecule has 0 spiro atoms. The second kappa shape index (κ2) is 5.00. The van der Waals surface area contributed by atoms with E-state index >= 15 is 0 Å². The van der Waals surface area contributed by atoms with Crippen molar-refractivity contribution < 1.29 is 4.52 Å². The number of aromatic nitrogens is 1. The maximum absolute atomic E-state index is 6.30. The summed E-state index contributed by atoms with van der Waals surface area (Å²) >= 11 is 11.3. The van der Waals surface area contributed by atoms with Crippen LogP contribution in [0.3, 0.4) is 0 Å². The fourth-order valence-corrected chi connectivity index (χ4v) is 3.19. The number of anilines is 1. The minimum Gasteiger partial charge on any atom is -0.367 e. The Morgan fingerprint density at radius 1 is 1.26 bits per heavy atom. The monoisotopic (exact) mass is 354 g/mol. The highest BCUT2D eigenvalue weighted by molar-refractivity contribution is 9.10. The van der Waals surface area contributed by atoms with E-state index in [2.05, 4.69) is 21.1 Å². The molecule has 2 heterocycles. The molecule has 0 bridgehead atoms. The van der Waals surface area contributed by atoms with E-state index in [9.17, 15) is 0 Å². The van der Waals surface area contributed by atoms with Gasteiger partial charge in [-0.3, -0.25) is 0 Å². The van der Waals surface area contributed by atoms with Crippen molar-refractivity contribution in [2.24, 2.45) is 0 Å². The average molecular weight is 356 g/mol. The third-order valence-corrected chi connectivity index (χ3v) is 4.88. The number of rotatable bonds is 2. The Bertz CT molecular complexity index is 724. The van der Waals surface area contributed by atoms with Gasteiger partial charge in [0.15, 0.2) is 0 Å². The molecule has 1 aromatic carbocycles. The predicted octanol–water partition coefficient (Wildman–Crippen LogP) is 5.07. The van der Waals surface area contributed by atoms with Gasteiger partial charge < -0.3 is 10.3 Å². The van der Waals surface area contributed by atoms with Crippen LogP contribution in [0.15, 0.2) is 44.7 Å². The zero-order valence-electron chi connectivity index (χ0n) is 9.56. The molecule has 3 rings (SSSR count). The molecule has 3 aromatic rings. The van der Waals surface area contributed by atoms with Crippen molar-refractivity contribution in [2.75, 3.05) is 5.73 Å². The number of hydrogen-bond donors (Lipinski definition) is 1. The topological polar surface area (TPSA) is 52.0 Å². The summed E-state index contributed by atoms with van der Waals surface area (Å²) in [4.78, 5) is 1.00. The van der Waals surface area contributed by atoms with Crippen LogP contribution in [-0.4, -0.2) is 5.16 Å². The molecule has 0 saturated heterocycles. The molecular formula is C13H8BrClN2OS. The van der Waals surface area contributed by atoms with Crippen LogP contribution in [0.25, 0.3) is 21.7 Å². The van der Waals surface area contributed by atoms with Crippen molar-refractivity contribution >= 4 is 44.8 Å². The van der Waals surface area contributed by atoms with E-state index < -0.39 is 0 Å². The molecule has 0 fully saturated rings. The molecule has 0 aliphatic heterocycles. The lowest BCUT2D eigenvalue weighted by atomic mass is 10.1. The van der Waals surface area contributed by atoms with Crippen LogP contribution in [0.4, 0.5) is 5.88 Å². The Morgan fingerprint density at radius 3 is 2.84 bits per heavy atom. The highest BCUT2D eigenvalue weighted by Crippen LogP contribution is 2.42. The smallest absolute Gasteiger partial charge is 0.231 e. The van der Waals surface area contributed by atoms with E-state index in [0.29, 0.717) is 16.6 Å². The minimum atomic E-state index is 0.300. The van der Waals surface area contributed by atoms with Crippen molar-refractivity contribution in [1.29, 1.82) is 0 Å². The first-order valence-corrected chi connectivity index (χ1v) is 7.47. The number of halogens is 2. The Morgan fingerprint density at radius 2 is 2.11 bits per heavy atom. The quantitative estimate of drug-likeness (QED) is 0.698. The van der Waals surface area contributed by atoms with Crippen molar-refractivity contribution in [2.45, 2.75) is 0 Å². The normalized spacial score (nSPS) is 10.8.